The van der Waals surface area contributed by atoms with Crippen LogP contribution in [0.15, 0.2) is 33.2 Å². The molecule has 0 spiro atoms. The van der Waals surface area contributed by atoms with Gasteiger partial charge in [-0.05, 0) is 40.9 Å². The molecule has 0 amide bonds. The Balaban J connectivity index is 2.10. The molecule has 1 aromatic heterocycles. The number of hydrogen-bond donors (Lipinski definition) is 0. The van der Waals surface area contributed by atoms with E-state index < -0.39 is 0 Å². The van der Waals surface area contributed by atoms with Gasteiger partial charge >= 0.3 is 0 Å². The summed E-state index contributed by atoms with van der Waals surface area (Å²) in [6.45, 7) is 0. The number of rotatable bonds is 2. The van der Waals surface area contributed by atoms with Crippen LogP contribution < -0.4 is 0 Å². The molecular formula is C13H12Br2N2. The zero-order chi connectivity index (χ0) is 12.0. The summed E-state index contributed by atoms with van der Waals surface area (Å²) in [6.07, 6.45) is 2.55. The molecule has 1 heterocycles. The van der Waals surface area contributed by atoms with Crippen molar-refractivity contribution in [3.8, 4) is 11.3 Å². The number of hydrogen-bond acceptors (Lipinski definition) is 1. The first-order valence-corrected chi connectivity index (χ1v) is 7.23. The van der Waals surface area contributed by atoms with E-state index in [9.17, 15) is 0 Å². The Morgan fingerprint density at radius 2 is 1.82 bits per heavy atom. The van der Waals surface area contributed by atoms with Crippen LogP contribution in [-0.2, 0) is 7.05 Å². The maximum absolute atomic E-state index is 4.63. The predicted octanol–water partition coefficient (Wildman–Crippen LogP) is 4.49. The molecule has 1 saturated carbocycles. The Labute approximate surface area is 117 Å². The first-order chi connectivity index (χ1) is 8.16. The van der Waals surface area contributed by atoms with Crippen LogP contribution in [0, 0.1) is 0 Å². The fraction of sp³-hybridized carbons (Fsp3) is 0.308. The standard InChI is InChI=1S/C13H12Br2N2/c1-17-13(9-4-6-10(14)7-5-9)11(15)12(16-17)8-2-3-8/h4-8H,2-3H2,1H3. The highest BCUT2D eigenvalue weighted by Crippen LogP contribution is 2.45. The molecule has 0 saturated heterocycles. The van der Waals surface area contributed by atoms with Crippen molar-refractivity contribution in [2.45, 2.75) is 18.8 Å². The third-order valence-corrected chi connectivity index (χ3v) is 4.41. The summed E-state index contributed by atoms with van der Waals surface area (Å²) >= 11 is 7.16. The van der Waals surface area contributed by atoms with Gasteiger partial charge in [-0.3, -0.25) is 4.68 Å². The van der Waals surface area contributed by atoms with Gasteiger partial charge in [0.05, 0.1) is 15.9 Å². The van der Waals surface area contributed by atoms with Crippen molar-refractivity contribution < 1.29 is 0 Å². The molecule has 0 bridgehead atoms. The quantitative estimate of drug-likeness (QED) is 0.776. The van der Waals surface area contributed by atoms with Crippen molar-refractivity contribution in [1.82, 2.24) is 9.78 Å². The van der Waals surface area contributed by atoms with Gasteiger partial charge in [0.2, 0.25) is 0 Å². The van der Waals surface area contributed by atoms with Gasteiger partial charge in [-0.25, -0.2) is 0 Å². The molecule has 0 N–H and O–H groups in total. The van der Waals surface area contributed by atoms with E-state index in [2.05, 4.69) is 61.2 Å². The second kappa shape index (κ2) is 4.25. The highest BCUT2D eigenvalue weighted by atomic mass is 79.9. The fourth-order valence-electron chi connectivity index (χ4n) is 2.06. The van der Waals surface area contributed by atoms with E-state index in [0.717, 1.165) is 8.95 Å². The minimum absolute atomic E-state index is 0.666. The number of aromatic nitrogens is 2. The minimum Gasteiger partial charge on any atom is -0.266 e. The Morgan fingerprint density at radius 3 is 2.41 bits per heavy atom. The third kappa shape index (κ3) is 2.08. The van der Waals surface area contributed by atoms with E-state index in [1.165, 1.54) is 29.8 Å². The summed E-state index contributed by atoms with van der Waals surface area (Å²) in [7, 11) is 2.01. The normalized spacial score (nSPS) is 15.2. The Bertz CT molecular complexity index is 554. The molecule has 0 unspecified atom stereocenters. The van der Waals surface area contributed by atoms with Gasteiger partial charge in [0, 0.05) is 23.0 Å². The van der Waals surface area contributed by atoms with Gasteiger partial charge in [-0.15, -0.1) is 0 Å². The maximum atomic E-state index is 4.63. The van der Waals surface area contributed by atoms with Gasteiger partial charge in [0.15, 0.2) is 0 Å². The number of halogens is 2. The lowest BCUT2D eigenvalue weighted by Crippen LogP contribution is -1.94. The molecule has 88 valence electrons. The van der Waals surface area contributed by atoms with E-state index in [1.807, 2.05) is 11.7 Å². The van der Waals surface area contributed by atoms with Gasteiger partial charge in [0.25, 0.3) is 0 Å². The third-order valence-electron chi connectivity index (χ3n) is 3.10. The van der Waals surface area contributed by atoms with Crippen LogP contribution in [0.5, 0.6) is 0 Å². The lowest BCUT2D eigenvalue weighted by atomic mass is 10.1. The minimum atomic E-state index is 0.666. The molecule has 1 fully saturated rings. The van der Waals surface area contributed by atoms with E-state index in [0.29, 0.717) is 5.92 Å². The van der Waals surface area contributed by atoms with Crippen molar-refractivity contribution in [2.24, 2.45) is 7.05 Å². The molecule has 1 aliphatic rings. The van der Waals surface area contributed by atoms with Crippen LogP contribution in [-0.4, -0.2) is 9.78 Å². The molecule has 0 aliphatic heterocycles. The van der Waals surface area contributed by atoms with Crippen molar-refractivity contribution in [3.05, 3.63) is 38.9 Å². The van der Waals surface area contributed by atoms with Crippen molar-refractivity contribution in [2.75, 3.05) is 0 Å². The van der Waals surface area contributed by atoms with E-state index in [-0.39, 0.29) is 0 Å². The Morgan fingerprint density at radius 1 is 1.18 bits per heavy atom. The zero-order valence-corrected chi connectivity index (χ0v) is 12.6. The van der Waals surface area contributed by atoms with E-state index in [1.54, 1.807) is 0 Å². The van der Waals surface area contributed by atoms with E-state index in [4.69, 9.17) is 0 Å². The summed E-state index contributed by atoms with van der Waals surface area (Å²) in [5, 5.41) is 4.63. The highest BCUT2D eigenvalue weighted by molar-refractivity contribution is 9.10. The molecule has 2 aromatic rings. The van der Waals surface area contributed by atoms with Crippen LogP contribution in [0.4, 0.5) is 0 Å². The van der Waals surface area contributed by atoms with Gasteiger partial charge < -0.3 is 0 Å². The molecule has 0 radical (unpaired) electrons. The van der Waals surface area contributed by atoms with Crippen molar-refractivity contribution in [3.63, 3.8) is 0 Å². The summed E-state index contributed by atoms with van der Waals surface area (Å²) in [5.74, 6) is 0.666. The summed E-state index contributed by atoms with van der Waals surface area (Å²) < 4.78 is 4.23. The topological polar surface area (TPSA) is 17.8 Å². The van der Waals surface area contributed by atoms with Gasteiger partial charge in [0.1, 0.15) is 0 Å². The lowest BCUT2D eigenvalue weighted by Gasteiger charge is -2.03. The van der Waals surface area contributed by atoms with Crippen LogP contribution in [0.25, 0.3) is 11.3 Å². The molecule has 2 nitrogen and oxygen atoms in total. The molecular weight excluding hydrogens is 344 g/mol. The smallest absolute Gasteiger partial charge is 0.0824 e. The average molecular weight is 356 g/mol. The summed E-state index contributed by atoms with van der Waals surface area (Å²) in [4.78, 5) is 0. The summed E-state index contributed by atoms with van der Waals surface area (Å²) in [6, 6.07) is 8.35. The van der Waals surface area contributed by atoms with Crippen molar-refractivity contribution in [1.29, 1.82) is 0 Å². The Kier molecular flexibility index (Phi) is 2.87. The SMILES string of the molecule is Cn1nc(C2CC2)c(Br)c1-c1ccc(Br)cc1. The zero-order valence-electron chi connectivity index (χ0n) is 9.45. The highest BCUT2D eigenvalue weighted by Gasteiger charge is 2.30. The predicted molar refractivity (Wildman–Crippen MR) is 76.0 cm³/mol. The van der Waals surface area contributed by atoms with Crippen LogP contribution >= 0.6 is 31.9 Å². The molecule has 4 heteroatoms. The lowest BCUT2D eigenvalue weighted by molar-refractivity contribution is 0.750. The van der Waals surface area contributed by atoms with Crippen LogP contribution in [0.1, 0.15) is 24.5 Å². The van der Waals surface area contributed by atoms with Gasteiger partial charge in [-0.2, -0.15) is 5.10 Å². The summed E-state index contributed by atoms with van der Waals surface area (Å²) in [5.41, 5.74) is 3.58. The number of nitrogens with zero attached hydrogens (tertiary/aromatic N) is 2. The number of aryl methyl sites for hydroxylation is 1. The van der Waals surface area contributed by atoms with Crippen LogP contribution in [0.3, 0.4) is 0 Å². The van der Waals surface area contributed by atoms with Crippen LogP contribution in [0.2, 0.25) is 0 Å². The van der Waals surface area contributed by atoms with Crippen molar-refractivity contribution >= 4 is 31.9 Å². The number of benzene rings is 1. The monoisotopic (exact) mass is 354 g/mol. The molecule has 3 rings (SSSR count). The Hall–Kier alpha value is -0.610. The molecule has 1 aliphatic carbocycles. The van der Waals surface area contributed by atoms with Gasteiger partial charge in [-0.1, -0.05) is 28.1 Å². The average Bonchev–Trinajstić information content (AvgIpc) is 3.09. The second-order valence-corrected chi connectivity index (χ2v) is 6.16. The first-order valence-electron chi connectivity index (χ1n) is 5.65. The largest absolute Gasteiger partial charge is 0.266 e. The van der Waals surface area contributed by atoms with E-state index >= 15 is 0 Å². The molecule has 1 aromatic carbocycles. The fourth-order valence-corrected chi connectivity index (χ4v) is 3.21. The first kappa shape index (κ1) is 11.5. The second-order valence-electron chi connectivity index (χ2n) is 4.45. The molecule has 0 atom stereocenters. The maximum Gasteiger partial charge on any atom is 0.0824 e. The molecule has 17 heavy (non-hydrogen) atoms.